The van der Waals surface area contributed by atoms with E-state index in [0.717, 1.165) is 0 Å². The number of aliphatic hydroxyl groups is 1. The lowest BCUT2D eigenvalue weighted by Crippen LogP contribution is -2.41. The van der Waals surface area contributed by atoms with Crippen LogP contribution in [-0.4, -0.2) is 23.3 Å². The van der Waals surface area contributed by atoms with E-state index in [1.807, 2.05) is 0 Å². The minimum Gasteiger partial charge on any atom is -0.365 e. The molecule has 0 aliphatic carbocycles. The van der Waals surface area contributed by atoms with Crippen molar-refractivity contribution >= 4 is 5.78 Å². The molecule has 0 bridgehead atoms. The van der Waals surface area contributed by atoms with Crippen molar-refractivity contribution in [3.8, 4) is 0 Å². The van der Waals surface area contributed by atoms with E-state index >= 15 is 0 Å². The topological polar surface area (TPSA) is 46.5 Å². The molecule has 10 heavy (non-hydrogen) atoms. The Balaban J connectivity index is 2.95. The Bertz CT molecular complexity index is 170. The van der Waals surface area contributed by atoms with E-state index in [2.05, 4.69) is 0 Å². The molecule has 0 spiro atoms. The van der Waals surface area contributed by atoms with Crippen LogP contribution in [0.3, 0.4) is 0 Å². The summed E-state index contributed by atoms with van der Waals surface area (Å²) in [4.78, 5) is 11.0. The maximum atomic E-state index is 11.0. The molecule has 1 rings (SSSR count). The van der Waals surface area contributed by atoms with Crippen molar-refractivity contribution < 1.29 is 14.6 Å². The van der Waals surface area contributed by atoms with Gasteiger partial charge in [-0.1, -0.05) is 0 Å². The number of ketones is 1. The van der Waals surface area contributed by atoms with E-state index in [-0.39, 0.29) is 12.4 Å². The highest BCUT2D eigenvalue weighted by atomic mass is 16.6. The summed E-state index contributed by atoms with van der Waals surface area (Å²) in [5.41, 5.74) is -0.757. The van der Waals surface area contributed by atoms with Crippen molar-refractivity contribution in [2.75, 3.05) is 6.61 Å². The van der Waals surface area contributed by atoms with Crippen LogP contribution in [0.15, 0.2) is 0 Å². The van der Waals surface area contributed by atoms with E-state index < -0.39 is 11.2 Å². The first kappa shape index (κ1) is 7.69. The first-order valence-corrected chi connectivity index (χ1v) is 3.27. The number of hydrogen-bond donors (Lipinski definition) is 1. The third-order valence-corrected chi connectivity index (χ3v) is 2.34. The molecule has 58 valence electrons. The number of hydrogen-bond acceptors (Lipinski definition) is 3. The van der Waals surface area contributed by atoms with Gasteiger partial charge in [-0.25, -0.2) is 0 Å². The van der Waals surface area contributed by atoms with Crippen molar-refractivity contribution in [2.24, 2.45) is 5.41 Å². The minimum absolute atomic E-state index is 0.0278. The molecule has 0 saturated carbocycles. The Labute approximate surface area is 60.0 Å². The van der Waals surface area contributed by atoms with Gasteiger partial charge in [0.05, 0.1) is 5.41 Å². The van der Waals surface area contributed by atoms with Crippen LogP contribution in [0.25, 0.3) is 0 Å². The number of ether oxygens (including phenoxy) is 1. The summed E-state index contributed by atoms with van der Waals surface area (Å²) in [5.74, 6) is -1.33. The van der Waals surface area contributed by atoms with Crippen LogP contribution >= 0.6 is 0 Å². The van der Waals surface area contributed by atoms with Crippen LogP contribution < -0.4 is 0 Å². The highest BCUT2D eigenvalue weighted by Crippen LogP contribution is 2.37. The summed E-state index contributed by atoms with van der Waals surface area (Å²) in [6.45, 7) is 4.91. The Kier molecular flexibility index (Phi) is 1.38. The molecule has 1 aliphatic rings. The predicted octanol–water partition coefficient (Wildman–Crippen LogP) is 0.320. The van der Waals surface area contributed by atoms with Gasteiger partial charge >= 0.3 is 0 Å². The summed E-state index contributed by atoms with van der Waals surface area (Å²) in [6.07, 6.45) is 0. The van der Waals surface area contributed by atoms with E-state index in [1.165, 1.54) is 6.92 Å². The molecule has 1 N–H and O–H groups in total. The van der Waals surface area contributed by atoms with Crippen molar-refractivity contribution in [1.82, 2.24) is 0 Å². The van der Waals surface area contributed by atoms with E-state index in [0.29, 0.717) is 0 Å². The second kappa shape index (κ2) is 1.80. The van der Waals surface area contributed by atoms with E-state index in [9.17, 15) is 9.90 Å². The summed E-state index contributed by atoms with van der Waals surface area (Å²) >= 11 is 0. The van der Waals surface area contributed by atoms with Gasteiger partial charge < -0.3 is 9.84 Å². The SMILES string of the molecule is CC1(O)OCC(=O)C1(C)C. The van der Waals surface area contributed by atoms with Gasteiger partial charge in [0.15, 0.2) is 11.6 Å². The summed E-state index contributed by atoms with van der Waals surface area (Å²) in [6, 6.07) is 0. The fraction of sp³-hybridized carbons (Fsp3) is 0.857. The molecule has 0 radical (unpaired) electrons. The number of carbonyl (C=O) groups is 1. The first-order valence-electron chi connectivity index (χ1n) is 3.27. The molecule has 0 amide bonds. The largest absolute Gasteiger partial charge is 0.365 e. The quantitative estimate of drug-likeness (QED) is 0.532. The molecule has 0 aromatic heterocycles. The lowest BCUT2D eigenvalue weighted by molar-refractivity contribution is -0.203. The molecule has 3 nitrogen and oxygen atoms in total. The Morgan fingerprint density at radius 1 is 1.50 bits per heavy atom. The third-order valence-electron chi connectivity index (χ3n) is 2.34. The van der Waals surface area contributed by atoms with Gasteiger partial charge in [0.2, 0.25) is 0 Å². The second-order valence-electron chi connectivity index (χ2n) is 3.32. The standard InChI is InChI=1S/C7H12O3/c1-6(2)5(8)4-10-7(6,3)9/h9H,4H2,1-3H3. The normalized spacial score (nSPS) is 38.6. The van der Waals surface area contributed by atoms with E-state index in [1.54, 1.807) is 13.8 Å². The second-order valence-corrected chi connectivity index (χ2v) is 3.32. The van der Waals surface area contributed by atoms with Crippen LogP contribution in [0.4, 0.5) is 0 Å². The van der Waals surface area contributed by atoms with Gasteiger partial charge in [0.1, 0.15) is 6.61 Å². The number of carbonyl (C=O) groups excluding carboxylic acids is 1. The van der Waals surface area contributed by atoms with Gasteiger partial charge in [-0.2, -0.15) is 0 Å². The molecular formula is C7H12O3. The number of Topliss-reactive ketones (excluding diaryl/α,β-unsaturated/α-hetero) is 1. The van der Waals surface area contributed by atoms with Crippen molar-refractivity contribution in [3.05, 3.63) is 0 Å². The van der Waals surface area contributed by atoms with Crippen LogP contribution in [0.1, 0.15) is 20.8 Å². The van der Waals surface area contributed by atoms with Gasteiger partial charge in [-0.05, 0) is 20.8 Å². The monoisotopic (exact) mass is 144 g/mol. The number of rotatable bonds is 0. The molecular weight excluding hydrogens is 132 g/mol. The average Bonchev–Trinajstić information content (AvgIpc) is 1.94. The molecule has 1 atom stereocenters. The smallest absolute Gasteiger partial charge is 0.175 e. The minimum atomic E-state index is -1.29. The maximum Gasteiger partial charge on any atom is 0.175 e. The molecule has 1 fully saturated rings. The zero-order valence-electron chi connectivity index (χ0n) is 6.47. The van der Waals surface area contributed by atoms with Gasteiger partial charge in [0.25, 0.3) is 0 Å². The Hall–Kier alpha value is -0.410. The first-order chi connectivity index (χ1) is 4.38. The summed E-state index contributed by atoms with van der Waals surface area (Å²) < 4.78 is 4.87. The summed E-state index contributed by atoms with van der Waals surface area (Å²) in [7, 11) is 0. The van der Waals surface area contributed by atoms with Crippen LogP contribution in [0.5, 0.6) is 0 Å². The average molecular weight is 144 g/mol. The Morgan fingerprint density at radius 2 is 2.00 bits per heavy atom. The fourth-order valence-corrected chi connectivity index (χ4v) is 0.826. The maximum absolute atomic E-state index is 11.0. The molecule has 1 unspecified atom stereocenters. The fourth-order valence-electron chi connectivity index (χ4n) is 0.826. The highest BCUT2D eigenvalue weighted by molar-refractivity contribution is 5.88. The third kappa shape index (κ3) is 0.777. The summed E-state index contributed by atoms with van der Waals surface area (Å²) in [5, 5.41) is 9.45. The zero-order valence-corrected chi connectivity index (χ0v) is 6.47. The van der Waals surface area contributed by atoms with E-state index in [4.69, 9.17) is 4.74 Å². The molecule has 1 heterocycles. The van der Waals surface area contributed by atoms with Crippen LogP contribution in [-0.2, 0) is 9.53 Å². The van der Waals surface area contributed by atoms with Crippen molar-refractivity contribution in [2.45, 2.75) is 26.6 Å². The lowest BCUT2D eigenvalue weighted by atomic mass is 9.83. The highest BCUT2D eigenvalue weighted by Gasteiger charge is 2.51. The van der Waals surface area contributed by atoms with Gasteiger partial charge in [0, 0.05) is 0 Å². The predicted molar refractivity (Wildman–Crippen MR) is 35.4 cm³/mol. The Morgan fingerprint density at radius 3 is 2.10 bits per heavy atom. The van der Waals surface area contributed by atoms with Crippen LogP contribution in [0, 0.1) is 5.41 Å². The van der Waals surface area contributed by atoms with Crippen molar-refractivity contribution in [1.29, 1.82) is 0 Å². The molecule has 1 saturated heterocycles. The molecule has 0 aromatic carbocycles. The lowest BCUT2D eigenvalue weighted by Gasteiger charge is -2.28. The van der Waals surface area contributed by atoms with Crippen LogP contribution in [0.2, 0.25) is 0 Å². The molecule has 1 aliphatic heterocycles. The van der Waals surface area contributed by atoms with Gasteiger partial charge in [-0.15, -0.1) is 0 Å². The van der Waals surface area contributed by atoms with Crippen molar-refractivity contribution in [3.63, 3.8) is 0 Å². The molecule has 0 aromatic rings. The zero-order chi connectivity index (χ0) is 7.99. The van der Waals surface area contributed by atoms with Gasteiger partial charge in [-0.3, -0.25) is 4.79 Å². The molecule has 3 heteroatoms.